The number of hydrogen-bond donors (Lipinski definition) is 1. The summed E-state index contributed by atoms with van der Waals surface area (Å²) in [5.41, 5.74) is -0.690. The number of halogens is 2. The van der Waals surface area contributed by atoms with Crippen molar-refractivity contribution in [1.82, 2.24) is 14.8 Å². The Morgan fingerprint density at radius 1 is 1.21 bits per heavy atom. The quantitative estimate of drug-likeness (QED) is 0.587. The van der Waals surface area contributed by atoms with Crippen molar-refractivity contribution in [1.29, 1.82) is 0 Å². The summed E-state index contributed by atoms with van der Waals surface area (Å²) in [6.45, 7) is 9.40. The highest BCUT2D eigenvalue weighted by Crippen LogP contribution is 2.46. The van der Waals surface area contributed by atoms with E-state index in [-0.39, 0.29) is 70.9 Å². The molecule has 0 radical (unpaired) electrons. The van der Waals surface area contributed by atoms with Crippen molar-refractivity contribution < 1.29 is 33.3 Å². The Hall–Kier alpha value is -3.31. The zero-order chi connectivity index (χ0) is 28.1. The molecule has 2 atom stereocenters. The lowest BCUT2D eigenvalue weighted by molar-refractivity contribution is 0.000951. The topological polar surface area (TPSA) is 105 Å². The average Bonchev–Trinajstić information content (AvgIpc) is 3.01. The van der Waals surface area contributed by atoms with Gasteiger partial charge < -0.3 is 34.0 Å². The molecule has 210 valence electrons. The fourth-order valence-electron chi connectivity index (χ4n) is 5.09. The number of hydrogen-bond acceptors (Lipinski definition) is 8. The zero-order valence-electron chi connectivity index (χ0n) is 22.4. The van der Waals surface area contributed by atoms with E-state index >= 15 is 0 Å². The fraction of sp³-hybridized carbons (Fsp3) is 0.519. The van der Waals surface area contributed by atoms with Gasteiger partial charge in [-0.05, 0) is 39.8 Å². The zero-order valence-corrected chi connectivity index (χ0v) is 23.1. The average molecular weight is 563 g/mol. The number of carbonyl (C=O) groups is 2. The molecule has 0 bridgehead atoms. The number of phenolic OH excluding ortho intramolecular Hbond substituents is 1. The third kappa shape index (κ3) is 5.29. The van der Waals surface area contributed by atoms with E-state index in [4.69, 9.17) is 25.8 Å². The van der Waals surface area contributed by atoms with E-state index in [1.807, 2.05) is 11.8 Å². The van der Waals surface area contributed by atoms with Gasteiger partial charge in [0.05, 0.1) is 24.3 Å². The number of nitrogens with zero attached hydrogens (tertiary/aromatic N) is 4. The van der Waals surface area contributed by atoms with E-state index in [1.165, 1.54) is 18.2 Å². The molecule has 2 aromatic rings. The van der Waals surface area contributed by atoms with Crippen molar-refractivity contribution in [3.05, 3.63) is 34.6 Å². The molecule has 1 aromatic carbocycles. The number of aromatic nitrogens is 1. The van der Waals surface area contributed by atoms with Crippen LogP contribution in [0.15, 0.2) is 18.2 Å². The maximum absolute atomic E-state index is 15.0. The molecule has 3 aliphatic rings. The van der Waals surface area contributed by atoms with Gasteiger partial charge in [0, 0.05) is 32.7 Å². The van der Waals surface area contributed by atoms with Crippen molar-refractivity contribution in [2.24, 2.45) is 0 Å². The van der Waals surface area contributed by atoms with E-state index in [0.717, 1.165) is 0 Å². The number of aromatic hydroxyl groups is 1. The molecular formula is C27H32ClFN4O6. The molecule has 0 saturated carbocycles. The van der Waals surface area contributed by atoms with Crippen LogP contribution in [0.3, 0.4) is 0 Å². The second-order valence-corrected chi connectivity index (χ2v) is 11.3. The van der Waals surface area contributed by atoms with Gasteiger partial charge in [0.2, 0.25) is 0 Å². The summed E-state index contributed by atoms with van der Waals surface area (Å²) < 4.78 is 32.3. The number of pyridine rings is 1. The summed E-state index contributed by atoms with van der Waals surface area (Å²) in [4.78, 5) is 36.6. The minimum Gasteiger partial charge on any atom is -0.507 e. The highest BCUT2D eigenvalue weighted by atomic mass is 35.5. The number of fused-ring (bicyclic) bond motifs is 2. The first-order valence-electron chi connectivity index (χ1n) is 12.9. The van der Waals surface area contributed by atoms with E-state index in [1.54, 1.807) is 30.6 Å². The molecular weight excluding hydrogens is 531 g/mol. The summed E-state index contributed by atoms with van der Waals surface area (Å²) in [7, 11) is 0. The highest BCUT2D eigenvalue weighted by Gasteiger charge is 2.42. The van der Waals surface area contributed by atoms with E-state index in [2.05, 4.69) is 4.98 Å². The van der Waals surface area contributed by atoms with Gasteiger partial charge in [-0.3, -0.25) is 4.79 Å². The standard InChI is InChI=1S/C27H32ClFN4O6/c1-15-12-31(10-11-37-15)24-20-23(21(28)22(30-24)19-17(29)6-5-7-18(19)34)38-14-16-13-32(8-9-33(16)25(20)35)26(36)39-27(2,3)4/h5-7,15-16,34H,8-14H2,1-4H3/t15-,16+/m0/s1. The molecule has 4 heterocycles. The Morgan fingerprint density at radius 3 is 2.67 bits per heavy atom. The Bertz CT molecular complexity index is 1280. The van der Waals surface area contributed by atoms with Crippen LogP contribution in [0, 0.1) is 5.82 Å². The number of amides is 2. The lowest BCUT2D eigenvalue weighted by Gasteiger charge is -2.40. The van der Waals surface area contributed by atoms with Gasteiger partial charge in [0.1, 0.15) is 45.9 Å². The predicted molar refractivity (Wildman–Crippen MR) is 142 cm³/mol. The van der Waals surface area contributed by atoms with Crippen LogP contribution in [0.4, 0.5) is 15.0 Å². The van der Waals surface area contributed by atoms with Crippen LogP contribution >= 0.6 is 11.6 Å². The Labute approximate surface area is 231 Å². The molecule has 39 heavy (non-hydrogen) atoms. The summed E-state index contributed by atoms with van der Waals surface area (Å²) in [5, 5.41) is 10.4. The van der Waals surface area contributed by atoms with E-state index < -0.39 is 23.6 Å². The SMILES string of the molecule is C[C@H]1CN(c2nc(-c3c(O)cccc3F)c(Cl)c3c2C(=O)N2CCN(C(=O)OC(C)(C)C)C[C@@H]2CO3)CCO1. The first-order chi connectivity index (χ1) is 18.4. The van der Waals surface area contributed by atoms with Gasteiger partial charge in [-0.15, -0.1) is 0 Å². The molecule has 1 aromatic heterocycles. The second-order valence-electron chi connectivity index (χ2n) is 11.0. The monoisotopic (exact) mass is 562 g/mol. The fourth-order valence-corrected chi connectivity index (χ4v) is 5.38. The largest absolute Gasteiger partial charge is 0.507 e. The van der Waals surface area contributed by atoms with Gasteiger partial charge >= 0.3 is 6.09 Å². The molecule has 3 aliphatic heterocycles. The smallest absolute Gasteiger partial charge is 0.410 e. The number of rotatable bonds is 2. The summed E-state index contributed by atoms with van der Waals surface area (Å²) in [5.74, 6) is -1.04. The van der Waals surface area contributed by atoms with Crippen molar-refractivity contribution >= 4 is 29.4 Å². The molecule has 5 rings (SSSR count). The van der Waals surface area contributed by atoms with Gasteiger partial charge in [-0.25, -0.2) is 14.2 Å². The predicted octanol–water partition coefficient (Wildman–Crippen LogP) is 3.93. The minimum atomic E-state index is -0.712. The van der Waals surface area contributed by atoms with Crippen molar-refractivity contribution in [2.75, 3.05) is 50.8 Å². The normalized spacial score (nSPS) is 21.6. The van der Waals surface area contributed by atoms with Crippen LogP contribution in [0.5, 0.6) is 11.5 Å². The highest BCUT2D eigenvalue weighted by molar-refractivity contribution is 6.35. The lowest BCUT2D eigenvalue weighted by Crippen LogP contribution is -2.58. The number of ether oxygens (including phenoxy) is 3. The molecule has 2 saturated heterocycles. The van der Waals surface area contributed by atoms with Crippen molar-refractivity contribution in [2.45, 2.75) is 45.4 Å². The molecule has 0 unspecified atom stereocenters. The van der Waals surface area contributed by atoms with Gasteiger partial charge in [0.25, 0.3) is 5.91 Å². The van der Waals surface area contributed by atoms with Crippen LogP contribution in [0.2, 0.25) is 5.02 Å². The maximum atomic E-state index is 15.0. The third-order valence-corrected chi connectivity index (χ3v) is 7.22. The number of piperazine rings is 1. The summed E-state index contributed by atoms with van der Waals surface area (Å²) in [6, 6.07) is 3.46. The summed E-state index contributed by atoms with van der Waals surface area (Å²) >= 11 is 6.77. The third-order valence-electron chi connectivity index (χ3n) is 6.87. The Morgan fingerprint density at radius 2 is 1.97 bits per heavy atom. The molecule has 2 fully saturated rings. The van der Waals surface area contributed by atoms with Crippen LogP contribution in [-0.2, 0) is 9.47 Å². The number of morpholine rings is 1. The van der Waals surface area contributed by atoms with Crippen molar-refractivity contribution in [3.8, 4) is 22.8 Å². The first-order valence-corrected chi connectivity index (χ1v) is 13.3. The number of benzene rings is 1. The second kappa shape index (κ2) is 10.3. The molecule has 1 N–H and O–H groups in total. The molecule has 2 amide bonds. The number of phenols is 1. The van der Waals surface area contributed by atoms with Crippen LogP contribution < -0.4 is 9.64 Å². The molecule has 0 spiro atoms. The van der Waals surface area contributed by atoms with Crippen LogP contribution in [0.1, 0.15) is 38.1 Å². The van der Waals surface area contributed by atoms with Crippen molar-refractivity contribution in [3.63, 3.8) is 0 Å². The van der Waals surface area contributed by atoms with Crippen LogP contribution in [-0.4, -0.2) is 95.6 Å². The molecule has 10 nitrogen and oxygen atoms in total. The maximum Gasteiger partial charge on any atom is 0.410 e. The summed E-state index contributed by atoms with van der Waals surface area (Å²) in [6.07, 6.45) is -0.597. The minimum absolute atomic E-state index is 0.0248. The number of anilines is 1. The Balaban J connectivity index is 1.58. The van der Waals surface area contributed by atoms with E-state index in [0.29, 0.717) is 26.2 Å². The van der Waals surface area contributed by atoms with E-state index in [9.17, 15) is 19.1 Å². The van der Waals surface area contributed by atoms with Crippen LogP contribution in [0.25, 0.3) is 11.3 Å². The van der Waals surface area contributed by atoms with Gasteiger partial charge in [0.15, 0.2) is 5.75 Å². The lowest BCUT2D eigenvalue weighted by atomic mass is 10.0. The molecule has 12 heteroatoms. The number of carbonyl (C=O) groups excluding carboxylic acids is 2. The first kappa shape index (κ1) is 27.3. The van der Waals surface area contributed by atoms with Gasteiger partial charge in [-0.2, -0.15) is 0 Å². The molecule has 0 aliphatic carbocycles. The van der Waals surface area contributed by atoms with Gasteiger partial charge in [-0.1, -0.05) is 17.7 Å². The Kier molecular flexibility index (Phi) is 7.23.